The van der Waals surface area contributed by atoms with Crippen molar-refractivity contribution in [3.05, 3.63) is 35.2 Å². The predicted octanol–water partition coefficient (Wildman–Crippen LogP) is 3.71. The van der Waals surface area contributed by atoms with E-state index in [-0.39, 0.29) is 11.2 Å². The van der Waals surface area contributed by atoms with Crippen LogP contribution in [0.25, 0.3) is 0 Å². The van der Waals surface area contributed by atoms with Crippen LogP contribution in [0.5, 0.6) is 0 Å². The number of amides is 1. The SMILES string of the molecule is CSCc1nnc(SC(C)C(=O)Nc2ccccc2Cl)o1. The molecule has 1 aromatic heterocycles. The number of carbonyl (C=O) groups excluding carboxylic acids is 1. The lowest BCUT2D eigenvalue weighted by Crippen LogP contribution is -2.22. The van der Waals surface area contributed by atoms with Crippen LogP contribution in [0.3, 0.4) is 0 Å². The van der Waals surface area contributed by atoms with Crippen LogP contribution < -0.4 is 5.32 Å². The van der Waals surface area contributed by atoms with Crippen LogP contribution in [-0.2, 0) is 10.5 Å². The van der Waals surface area contributed by atoms with Gasteiger partial charge < -0.3 is 9.73 Å². The molecule has 21 heavy (non-hydrogen) atoms. The fourth-order valence-corrected chi connectivity index (χ4v) is 2.72. The van der Waals surface area contributed by atoms with Gasteiger partial charge in [-0.2, -0.15) is 11.8 Å². The third kappa shape index (κ3) is 4.66. The summed E-state index contributed by atoms with van der Waals surface area (Å²) >= 11 is 8.82. The molecule has 1 heterocycles. The molecular formula is C13H14ClN3O2S2. The fourth-order valence-electron chi connectivity index (χ4n) is 1.47. The van der Waals surface area contributed by atoms with Gasteiger partial charge in [0, 0.05) is 0 Å². The molecule has 1 unspecified atom stereocenters. The molecule has 0 fully saturated rings. The Hall–Kier alpha value is -1.18. The molecule has 2 aromatic rings. The second-order valence-corrected chi connectivity index (χ2v) is 6.69. The molecule has 8 heteroatoms. The Balaban J connectivity index is 1.94. The molecule has 0 aliphatic rings. The van der Waals surface area contributed by atoms with Gasteiger partial charge in [0.15, 0.2) is 0 Å². The fraction of sp³-hybridized carbons (Fsp3) is 0.308. The number of hydrogen-bond acceptors (Lipinski definition) is 6. The van der Waals surface area contributed by atoms with Gasteiger partial charge >= 0.3 is 0 Å². The number of aromatic nitrogens is 2. The third-order valence-electron chi connectivity index (χ3n) is 2.49. The molecule has 0 radical (unpaired) electrons. The van der Waals surface area contributed by atoms with E-state index in [0.29, 0.717) is 27.6 Å². The molecule has 0 bridgehead atoms. The van der Waals surface area contributed by atoms with Crippen molar-refractivity contribution in [1.29, 1.82) is 0 Å². The molecule has 0 spiro atoms. The first-order valence-corrected chi connectivity index (χ1v) is 8.78. The number of thioether (sulfide) groups is 2. The Morgan fingerprint density at radius 3 is 2.90 bits per heavy atom. The molecule has 112 valence electrons. The smallest absolute Gasteiger partial charge is 0.277 e. The molecule has 0 saturated carbocycles. The quantitative estimate of drug-likeness (QED) is 0.806. The van der Waals surface area contributed by atoms with Crippen LogP contribution >= 0.6 is 35.1 Å². The zero-order chi connectivity index (χ0) is 15.2. The highest BCUT2D eigenvalue weighted by molar-refractivity contribution is 8.00. The predicted molar refractivity (Wildman–Crippen MR) is 86.9 cm³/mol. The second-order valence-electron chi connectivity index (χ2n) is 4.12. The summed E-state index contributed by atoms with van der Waals surface area (Å²) in [6.07, 6.45) is 1.96. The monoisotopic (exact) mass is 343 g/mol. The van der Waals surface area contributed by atoms with E-state index < -0.39 is 0 Å². The number of halogens is 1. The number of nitrogens with zero attached hydrogens (tertiary/aromatic N) is 2. The van der Waals surface area contributed by atoms with Crippen molar-refractivity contribution in [2.24, 2.45) is 0 Å². The number of rotatable bonds is 6. The van der Waals surface area contributed by atoms with E-state index in [1.807, 2.05) is 18.4 Å². The third-order valence-corrected chi connectivity index (χ3v) is 4.29. The van der Waals surface area contributed by atoms with Crippen LogP contribution in [-0.4, -0.2) is 27.6 Å². The minimum Gasteiger partial charge on any atom is -0.415 e. The Bertz CT molecular complexity index is 621. The maximum absolute atomic E-state index is 12.1. The maximum atomic E-state index is 12.1. The normalized spacial score (nSPS) is 12.1. The van der Waals surface area contributed by atoms with Crippen LogP contribution in [0.15, 0.2) is 33.9 Å². The Morgan fingerprint density at radius 1 is 1.43 bits per heavy atom. The molecule has 1 N–H and O–H groups in total. The minimum atomic E-state index is -0.371. The molecule has 1 atom stereocenters. The zero-order valence-corrected chi connectivity index (χ0v) is 13.9. The lowest BCUT2D eigenvalue weighted by Gasteiger charge is -2.10. The molecule has 0 aliphatic carbocycles. The maximum Gasteiger partial charge on any atom is 0.277 e. The van der Waals surface area contributed by atoms with Crippen molar-refractivity contribution in [1.82, 2.24) is 10.2 Å². The number of anilines is 1. The van der Waals surface area contributed by atoms with Gasteiger partial charge in [0.05, 0.1) is 21.7 Å². The lowest BCUT2D eigenvalue weighted by atomic mass is 10.3. The van der Waals surface area contributed by atoms with Crippen LogP contribution in [0.4, 0.5) is 5.69 Å². The highest BCUT2D eigenvalue weighted by Crippen LogP contribution is 2.25. The summed E-state index contributed by atoms with van der Waals surface area (Å²) < 4.78 is 5.43. The summed E-state index contributed by atoms with van der Waals surface area (Å²) in [5, 5.41) is 11.1. The number of carbonyl (C=O) groups is 1. The van der Waals surface area contributed by atoms with Crippen LogP contribution in [0, 0.1) is 0 Å². The van der Waals surface area contributed by atoms with Crippen molar-refractivity contribution in [2.45, 2.75) is 23.1 Å². The average molecular weight is 344 g/mol. The molecule has 2 rings (SSSR count). The van der Waals surface area contributed by atoms with E-state index in [2.05, 4.69) is 15.5 Å². The van der Waals surface area contributed by atoms with E-state index in [1.54, 1.807) is 30.8 Å². The number of nitrogens with one attached hydrogen (secondary N) is 1. The van der Waals surface area contributed by atoms with Gasteiger partial charge in [0.1, 0.15) is 0 Å². The van der Waals surface area contributed by atoms with E-state index in [9.17, 15) is 4.79 Å². The summed E-state index contributed by atoms with van der Waals surface area (Å²) in [7, 11) is 0. The molecule has 1 amide bonds. The van der Waals surface area contributed by atoms with Gasteiger partial charge in [0.25, 0.3) is 5.22 Å². The molecule has 0 aliphatic heterocycles. The van der Waals surface area contributed by atoms with E-state index in [1.165, 1.54) is 11.8 Å². The lowest BCUT2D eigenvalue weighted by molar-refractivity contribution is -0.115. The first kappa shape index (κ1) is 16.2. The van der Waals surface area contributed by atoms with Crippen LogP contribution in [0.2, 0.25) is 5.02 Å². The Labute approximate surface area is 136 Å². The number of benzene rings is 1. The first-order valence-electron chi connectivity index (χ1n) is 6.13. The highest BCUT2D eigenvalue weighted by Gasteiger charge is 2.19. The highest BCUT2D eigenvalue weighted by atomic mass is 35.5. The van der Waals surface area contributed by atoms with Gasteiger partial charge in [-0.15, -0.1) is 10.2 Å². The van der Waals surface area contributed by atoms with Gasteiger partial charge in [-0.1, -0.05) is 35.5 Å². The molecule has 0 saturated heterocycles. The van der Waals surface area contributed by atoms with E-state index in [4.69, 9.17) is 16.0 Å². The number of hydrogen-bond donors (Lipinski definition) is 1. The van der Waals surface area contributed by atoms with Crippen molar-refractivity contribution < 1.29 is 9.21 Å². The summed E-state index contributed by atoms with van der Waals surface area (Å²) in [4.78, 5) is 12.1. The Kier molecular flexibility index (Phi) is 5.96. The zero-order valence-electron chi connectivity index (χ0n) is 11.5. The summed E-state index contributed by atoms with van der Waals surface area (Å²) in [6.45, 7) is 1.77. The van der Waals surface area contributed by atoms with E-state index >= 15 is 0 Å². The molecular weight excluding hydrogens is 330 g/mol. The first-order chi connectivity index (χ1) is 10.1. The van der Waals surface area contributed by atoms with Gasteiger partial charge in [-0.05, 0) is 25.3 Å². The topological polar surface area (TPSA) is 68.0 Å². The minimum absolute atomic E-state index is 0.169. The van der Waals surface area contributed by atoms with Gasteiger partial charge in [-0.3, -0.25) is 4.79 Å². The molecule has 1 aromatic carbocycles. The van der Waals surface area contributed by atoms with E-state index in [0.717, 1.165) is 0 Å². The summed E-state index contributed by atoms with van der Waals surface area (Å²) in [5.74, 6) is 1.05. The number of para-hydroxylation sites is 1. The average Bonchev–Trinajstić information content (AvgIpc) is 2.89. The van der Waals surface area contributed by atoms with Crippen molar-refractivity contribution in [2.75, 3.05) is 11.6 Å². The van der Waals surface area contributed by atoms with Gasteiger partial charge in [0.2, 0.25) is 11.8 Å². The summed E-state index contributed by atoms with van der Waals surface area (Å²) in [5.41, 5.74) is 0.588. The molecule has 5 nitrogen and oxygen atoms in total. The standard InChI is InChI=1S/C13H14ClN3O2S2/c1-8(21-13-17-16-11(19-13)7-20-2)12(18)15-10-6-4-3-5-9(10)14/h3-6,8H,7H2,1-2H3,(H,15,18). The van der Waals surface area contributed by atoms with Crippen molar-refractivity contribution in [3.63, 3.8) is 0 Å². The van der Waals surface area contributed by atoms with Crippen molar-refractivity contribution in [3.8, 4) is 0 Å². The van der Waals surface area contributed by atoms with Crippen LogP contribution in [0.1, 0.15) is 12.8 Å². The summed E-state index contributed by atoms with van der Waals surface area (Å²) in [6, 6.07) is 7.09. The Morgan fingerprint density at radius 2 is 2.19 bits per heavy atom. The van der Waals surface area contributed by atoms with Gasteiger partial charge in [-0.25, -0.2) is 0 Å². The second kappa shape index (κ2) is 7.72. The largest absolute Gasteiger partial charge is 0.415 e. The van der Waals surface area contributed by atoms with Crippen molar-refractivity contribution >= 4 is 46.7 Å².